The Morgan fingerprint density at radius 2 is 1.97 bits per heavy atom. The molecule has 3 rings (SSSR count). The number of rotatable bonds is 8. The summed E-state index contributed by atoms with van der Waals surface area (Å²) in [6, 6.07) is 4.72. The smallest absolute Gasteiger partial charge is 0.275 e. The molecule has 30 heavy (non-hydrogen) atoms. The summed E-state index contributed by atoms with van der Waals surface area (Å²) in [7, 11) is -3.90. The largest absolute Gasteiger partial charge is 0.393 e. The van der Waals surface area contributed by atoms with Crippen LogP contribution in [0.15, 0.2) is 27.9 Å². The summed E-state index contributed by atoms with van der Waals surface area (Å²) in [6.45, 7) is 3.60. The Morgan fingerprint density at radius 1 is 1.27 bits per heavy atom. The van der Waals surface area contributed by atoms with E-state index in [4.69, 9.17) is 11.5 Å². The van der Waals surface area contributed by atoms with Gasteiger partial charge in [-0.2, -0.15) is 0 Å². The van der Waals surface area contributed by atoms with Crippen molar-refractivity contribution >= 4 is 27.4 Å². The zero-order valence-corrected chi connectivity index (χ0v) is 17.8. The van der Waals surface area contributed by atoms with E-state index in [1.807, 2.05) is 0 Å². The third-order valence-electron chi connectivity index (χ3n) is 5.05. The molecule has 2 aromatic rings. The van der Waals surface area contributed by atoms with Gasteiger partial charge in [0, 0.05) is 24.5 Å². The van der Waals surface area contributed by atoms with E-state index in [0.717, 1.165) is 23.0 Å². The van der Waals surface area contributed by atoms with Gasteiger partial charge in [0.05, 0.1) is 0 Å². The molecule has 0 unspecified atom stereocenters. The van der Waals surface area contributed by atoms with Gasteiger partial charge in [-0.15, -0.1) is 0 Å². The highest BCUT2D eigenvalue weighted by atomic mass is 32.2. The van der Waals surface area contributed by atoms with Crippen molar-refractivity contribution in [1.82, 2.24) is 19.6 Å². The van der Waals surface area contributed by atoms with Gasteiger partial charge in [0.25, 0.3) is 5.56 Å². The summed E-state index contributed by atoms with van der Waals surface area (Å²) in [4.78, 5) is 28.9. The van der Waals surface area contributed by atoms with E-state index in [0.29, 0.717) is 29.7 Å². The molecule has 2 heterocycles. The van der Waals surface area contributed by atoms with Crippen LogP contribution in [0.1, 0.15) is 29.8 Å². The van der Waals surface area contributed by atoms with Crippen molar-refractivity contribution in [2.45, 2.75) is 44.7 Å². The molecule has 1 aliphatic carbocycles. The average Bonchev–Trinajstić information content (AvgIpc) is 3.50. The zero-order valence-electron chi connectivity index (χ0n) is 16.9. The van der Waals surface area contributed by atoms with Crippen LogP contribution < -0.4 is 27.1 Å². The second kappa shape index (κ2) is 8.44. The van der Waals surface area contributed by atoms with Crippen LogP contribution >= 0.6 is 0 Å². The molecule has 0 aliphatic heterocycles. The predicted octanol–water partition coefficient (Wildman–Crippen LogP) is 0.0292. The van der Waals surface area contributed by atoms with E-state index in [9.17, 15) is 18.0 Å². The highest BCUT2D eigenvalue weighted by molar-refractivity contribution is 7.89. The van der Waals surface area contributed by atoms with E-state index < -0.39 is 27.2 Å². The number of nitrogen functional groups attached to an aromatic ring is 2. The number of amides is 1. The van der Waals surface area contributed by atoms with Crippen LogP contribution in [0.25, 0.3) is 0 Å². The molecular formula is C19H26N6O4S. The fourth-order valence-electron chi connectivity index (χ4n) is 2.99. The Hall–Kier alpha value is -2.92. The van der Waals surface area contributed by atoms with Crippen LogP contribution in [0.4, 0.5) is 11.5 Å². The van der Waals surface area contributed by atoms with Gasteiger partial charge >= 0.3 is 0 Å². The minimum atomic E-state index is -3.90. The number of hydrogen-bond donors (Lipinski definition) is 4. The Balaban J connectivity index is 1.73. The SMILES string of the molecule is Cc1nc(N)ccc1CNC(=O)Cn1c(C)cc(S(=O)(=O)NCC2CC2)c(N)c1=O. The zero-order chi connectivity index (χ0) is 22.1. The van der Waals surface area contributed by atoms with Gasteiger partial charge in [-0.1, -0.05) is 6.07 Å². The van der Waals surface area contributed by atoms with E-state index in [1.54, 1.807) is 26.0 Å². The Morgan fingerprint density at radius 3 is 2.60 bits per heavy atom. The first kappa shape index (κ1) is 21.8. The maximum Gasteiger partial charge on any atom is 0.275 e. The molecule has 0 spiro atoms. The van der Waals surface area contributed by atoms with Crippen LogP contribution in [0, 0.1) is 19.8 Å². The maximum atomic E-state index is 12.7. The number of carbonyl (C=O) groups is 1. The summed E-state index contributed by atoms with van der Waals surface area (Å²) < 4.78 is 28.7. The first-order valence-electron chi connectivity index (χ1n) is 9.56. The average molecular weight is 435 g/mol. The third-order valence-corrected chi connectivity index (χ3v) is 6.51. The number of sulfonamides is 1. The number of pyridine rings is 2. The molecule has 11 heteroatoms. The molecule has 0 aromatic carbocycles. The first-order valence-corrected chi connectivity index (χ1v) is 11.0. The van der Waals surface area contributed by atoms with Gasteiger partial charge < -0.3 is 21.4 Å². The molecule has 0 atom stereocenters. The molecular weight excluding hydrogens is 408 g/mol. The normalized spacial score (nSPS) is 13.9. The summed E-state index contributed by atoms with van der Waals surface area (Å²) in [5.74, 6) is 0.311. The van der Waals surface area contributed by atoms with Gasteiger partial charge in [-0.05, 0) is 50.3 Å². The molecule has 0 saturated heterocycles. The van der Waals surface area contributed by atoms with Crippen molar-refractivity contribution in [3.8, 4) is 0 Å². The lowest BCUT2D eigenvalue weighted by molar-refractivity contribution is -0.121. The highest BCUT2D eigenvalue weighted by Gasteiger charge is 2.27. The number of hydrogen-bond acceptors (Lipinski definition) is 7. The molecule has 162 valence electrons. The topological polar surface area (TPSA) is 162 Å². The molecule has 1 aliphatic rings. The Kier molecular flexibility index (Phi) is 6.13. The fraction of sp³-hybridized carbons (Fsp3) is 0.421. The van der Waals surface area contributed by atoms with Crippen LogP contribution in [0.5, 0.6) is 0 Å². The number of aryl methyl sites for hydroxylation is 2. The lowest BCUT2D eigenvalue weighted by Gasteiger charge is -2.15. The molecule has 1 amide bonds. The lowest BCUT2D eigenvalue weighted by Crippen LogP contribution is -2.36. The van der Waals surface area contributed by atoms with Crippen molar-refractivity contribution in [3.63, 3.8) is 0 Å². The summed E-state index contributed by atoms with van der Waals surface area (Å²) in [5.41, 5.74) is 12.1. The molecule has 10 nitrogen and oxygen atoms in total. The van der Waals surface area contributed by atoms with Gasteiger partial charge in [0.1, 0.15) is 22.9 Å². The van der Waals surface area contributed by atoms with Crippen molar-refractivity contribution in [1.29, 1.82) is 0 Å². The van der Waals surface area contributed by atoms with Crippen molar-refractivity contribution in [2.24, 2.45) is 5.92 Å². The molecule has 1 saturated carbocycles. The number of anilines is 2. The highest BCUT2D eigenvalue weighted by Crippen LogP contribution is 2.28. The summed E-state index contributed by atoms with van der Waals surface area (Å²) >= 11 is 0. The van der Waals surface area contributed by atoms with E-state index in [-0.39, 0.29) is 18.0 Å². The fourth-order valence-corrected chi connectivity index (χ4v) is 4.31. The van der Waals surface area contributed by atoms with Gasteiger partial charge in [0.2, 0.25) is 15.9 Å². The van der Waals surface area contributed by atoms with Crippen molar-refractivity contribution < 1.29 is 13.2 Å². The minimum Gasteiger partial charge on any atom is -0.393 e. The second-order valence-electron chi connectivity index (χ2n) is 7.51. The molecule has 1 fully saturated rings. The molecule has 0 bridgehead atoms. The minimum absolute atomic E-state index is 0.221. The quantitative estimate of drug-likeness (QED) is 0.455. The number of nitrogens with one attached hydrogen (secondary N) is 2. The lowest BCUT2D eigenvalue weighted by atomic mass is 10.2. The van der Waals surface area contributed by atoms with Crippen molar-refractivity contribution in [2.75, 3.05) is 18.0 Å². The monoisotopic (exact) mass is 434 g/mol. The number of nitrogens with two attached hydrogens (primary N) is 2. The van der Waals surface area contributed by atoms with Gasteiger partial charge in [0.15, 0.2) is 0 Å². The van der Waals surface area contributed by atoms with Gasteiger partial charge in [-0.25, -0.2) is 18.1 Å². The number of nitrogens with zero attached hydrogens (tertiary/aromatic N) is 2. The third kappa shape index (κ3) is 4.97. The first-order chi connectivity index (χ1) is 14.1. The number of aromatic nitrogens is 2. The Bertz CT molecular complexity index is 1140. The molecule has 0 radical (unpaired) electrons. The predicted molar refractivity (Wildman–Crippen MR) is 113 cm³/mol. The van der Waals surface area contributed by atoms with Gasteiger partial charge in [-0.3, -0.25) is 9.59 Å². The van der Waals surface area contributed by atoms with Crippen molar-refractivity contribution in [3.05, 3.63) is 45.5 Å². The molecule has 6 N–H and O–H groups in total. The maximum absolute atomic E-state index is 12.7. The van der Waals surface area contributed by atoms with E-state index in [1.165, 1.54) is 6.07 Å². The van der Waals surface area contributed by atoms with Crippen LogP contribution in [-0.2, 0) is 27.9 Å². The van der Waals surface area contributed by atoms with E-state index in [2.05, 4.69) is 15.0 Å². The Labute approximate surface area is 174 Å². The number of carbonyl (C=O) groups excluding carboxylic acids is 1. The van der Waals surface area contributed by atoms with E-state index >= 15 is 0 Å². The summed E-state index contributed by atoms with van der Waals surface area (Å²) in [5, 5.41) is 2.72. The van der Waals surface area contributed by atoms with Crippen LogP contribution in [0.3, 0.4) is 0 Å². The van der Waals surface area contributed by atoms with Crippen LogP contribution in [0.2, 0.25) is 0 Å². The van der Waals surface area contributed by atoms with Crippen LogP contribution in [-0.4, -0.2) is 30.4 Å². The standard InChI is InChI=1S/C19H26N6O4S/c1-11-7-15(30(28,29)23-8-13-3-4-13)18(21)19(27)25(11)10-17(26)22-9-14-5-6-16(20)24-12(14)2/h5-7,13,23H,3-4,8-10,21H2,1-2H3,(H2,20,24)(H,22,26). The molecule has 2 aromatic heterocycles. The second-order valence-corrected chi connectivity index (χ2v) is 9.24. The summed E-state index contributed by atoms with van der Waals surface area (Å²) in [6.07, 6.45) is 1.97.